The van der Waals surface area contributed by atoms with Gasteiger partial charge in [-0.05, 0) is 30.8 Å². The number of nitrogens with one attached hydrogen (secondary N) is 2. The number of nitrogens with zero attached hydrogens (tertiary/aromatic N) is 1. The first kappa shape index (κ1) is 14.6. The monoisotopic (exact) mass is 278 g/mol. The number of anilines is 2. The third-order valence-electron chi connectivity index (χ3n) is 3.33. The molecule has 4 N–H and O–H groups in total. The zero-order valence-electron chi connectivity index (χ0n) is 11.8. The fourth-order valence-corrected chi connectivity index (χ4v) is 2.14. The molecule has 1 aliphatic heterocycles. The van der Waals surface area contributed by atoms with Gasteiger partial charge in [-0.3, -0.25) is 4.90 Å². The standard InChI is InChI=1S/C14H22N4O2/c1-2-18-7-8-20-13(10-18)9-16-14(19)17-12-5-3-11(15)4-6-12/h3-6,13H,2,7-10,15H2,1H3,(H2,16,17,19). The SMILES string of the molecule is CCN1CCOC(CNC(=O)Nc2ccc(N)cc2)C1. The van der Waals surface area contributed by atoms with E-state index < -0.39 is 0 Å². The van der Waals surface area contributed by atoms with Crippen LogP contribution in [0.25, 0.3) is 0 Å². The molecule has 1 unspecified atom stereocenters. The molecule has 6 heteroatoms. The van der Waals surface area contributed by atoms with E-state index >= 15 is 0 Å². The minimum absolute atomic E-state index is 0.0564. The summed E-state index contributed by atoms with van der Waals surface area (Å²) in [6.45, 7) is 6.20. The predicted molar refractivity (Wildman–Crippen MR) is 79.7 cm³/mol. The van der Waals surface area contributed by atoms with E-state index in [0.29, 0.717) is 12.2 Å². The Morgan fingerprint density at radius 2 is 2.20 bits per heavy atom. The zero-order valence-corrected chi connectivity index (χ0v) is 11.8. The lowest BCUT2D eigenvalue weighted by Crippen LogP contribution is -2.47. The number of benzene rings is 1. The van der Waals surface area contributed by atoms with Crippen LogP contribution < -0.4 is 16.4 Å². The lowest BCUT2D eigenvalue weighted by Gasteiger charge is -2.32. The molecule has 0 bridgehead atoms. The maximum atomic E-state index is 11.8. The van der Waals surface area contributed by atoms with Crippen LogP contribution in [0.4, 0.5) is 16.2 Å². The van der Waals surface area contributed by atoms with Crippen LogP contribution >= 0.6 is 0 Å². The van der Waals surface area contributed by atoms with Gasteiger partial charge in [0.2, 0.25) is 0 Å². The number of ether oxygens (including phenoxy) is 1. The van der Waals surface area contributed by atoms with E-state index in [1.54, 1.807) is 24.3 Å². The largest absolute Gasteiger partial charge is 0.399 e. The van der Waals surface area contributed by atoms with Crippen molar-refractivity contribution < 1.29 is 9.53 Å². The van der Waals surface area contributed by atoms with E-state index in [2.05, 4.69) is 22.5 Å². The summed E-state index contributed by atoms with van der Waals surface area (Å²) < 4.78 is 5.63. The van der Waals surface area contributed by atoms with E-state index in [9.17, 15) is 4.79 Å². The van der Waals surface area contributed by atoms with Crippen molar-refractivity contribution in [1.82, 2.24) is 10.2 Å². The maximum absolute atomic E-state index is 11.8. The molecule has 1 fully saturated rings. The number of urea groups is 1. The van der Waals surface area contributed by atoms with Gasteiger partial charge in [0.05, 0.1) is 12.7 Å². The summed E-state index contributed by atoms with van der Waals surface area (Å²) in [5, 5.41) is 5.59. The molecule has 20 heavy (non-hydrogen) atoms. The highest BCUT2D eigenvalue weighted by molar-refractivity contribution is 5.89. The molecule has 0 saturated carbocycles. The van der Waals surface area contributed by atoms with Crippen LogP contribution in [0, 0.1) is 0 Å². The summed E-state index contributed by atoms with van der Waals surface area (Å²) in [5.74, 6) is 0. The number of hydrogen-bond acceptors (Lipinski definition) is 4. The average Bonchev–Trinajstić information content (AvgIpc) is 2.48. The number of nitrogens with two attached hydrogens (primary N) is 1. The highest BCUT2D eigenvalue weighted by Gasteiger charge is 2.19. The molecule has 0 aliphatic carbocycles. The molecule has 110 valence electrons. The van der Waals surface area contributed by atoms with E-state index in [4.69, 9.17) is 10.5 Å². The minimum Gasteiger partial charge on any atom is -0.399 e. The van der Waals surface area contributed by atoms with E-state index in [0.717, 1.165) is 31.9 Å². The summed E-state index contributed by atoms with van der Waals surface area (Å²) in [6.07, 6.45) is 0.0564. The van der Waals surface area contributed by atoms with Crippen molar-refractivity contribution in [2.75, 3.05) is 43.8 Å². The van der Waals surface area contributed by atoms with E-state index in [1.165, 1.54) is 0 Å². The highest BCUT2D eigenvalue weighted by atomic mass is 16.5. The molecule has 2 amide bonds. The molecule has 2 rings (SSSR count). The quantitative estimate of drug-likeness (QED) is 0.721. The second kappa shape index (κ2) is 7.12. The van der Waals surface area contributed by atoms with E-state index in [1.807, 2.05) is 0 Å². The van der Waals surface area contributed by atoms with Crippen LogP contribution in [-0.4, -0.2) is 49.8 Å². The Kier molecular flexibility index (Phi) is 5.20. The fourth-order valence-electron chi connectivity index (χ4n) is 2.14. The van der Waals surface area contributed by atoms with Gasteiger partial charge in [0.25, 0.3) is 0 Å². The Bertz CT molecular complexity index is 435. The van der Waals surface area contributed by atoms with Gasteiger partial charge in [-0.2, -0.15) is 0 Å². The van der Waals surface area contributed by atoms with Crippen molar-refractivity contribution in [3.63, 3.8) is 0 Å². The first-order valence-electron chi connectivity index (χ1n) is 6.91. The van der Waals surface area contributed by atoms with Gasteiger partial charge in [-0.25, -0.2) is 4.79 Å². The molecule has 0 radical (unpaired) electrons. The first-order valence-corrected chi connectivity index (χ1v) is 6.91. The van der Waals surface area contributed by atoms with Crippen LogP contribution in [0.1, 0.15) is 6.92 Å². The smallest absolute Gasteiger partial charge is 0.319 e. The molecule has 1 atom stereocenters. The lowest BCUT2D eigenvalue weighted by atomic mass is 10.2. The molecule has 1 aromatic carbocycles. The van der Waals surface area contributed by atoms with Crippen LogP contribution in [-0.2, 0) is 4.74 Å². The molecule has 1 saturated heterocycles. The summed E-state index contributed by atoms with van der Waals surface area (Å²) in [7, 11) is 0. The summed E-state index contributed by atoms with van der Waals surface area (Å²) in [6, 6.07) is 6.81. The number of rotatable bonds is 4. The van der Waals surface area contributed by atoms with Crippen molar-refractivity contribution in [2.45, 2.75) is 13.0 Å². The van der Waals surface area contributed by atoms with Crippen LogP contribution in [0.2, 0.25) is 0 Å². The fraction of sp³-hybridized carbons (Fsp3) is 0.500. The molecule has 1 aliphatic rings. The number of amides is 2. The number of morpholine rings is 1. The normalized spacial score (nSPS) is 19.6. The lowest BCUT2D eigenvalue weighted by molar-refractivity contribution is -0.0238. The van der Waals surface area contributed by atoms with Crippen molar-refractivity contribution in [3.8, 4) is 0 Å². The summed E-state index contributed by atoms with van der Waals surface area (Å²) in [4.78, 5) is 14.1. The van der Waals surface area contributed by atoms with Gasteiger partial charge in [0.15, 0.2) is 0 Å². The molecule has 0 aromatic heterocycles. The van der Waals surface area contributed by atoms with Crippen LogP contribution in [0.3, 0.4) is 0 Å². The summed E-state index contributed by atoms with van der Waals surface area (Å²) in [5.41, 5.74) is 6.98. The average molecular weight is 278 g/mol. The second-order valence-corrected chi connectivity index (χ2v) is 4.84. The topological polar surface area (TPSA) is 79.6 Å². The number of nitrogen functional groups attached to an aromatic ring is 1. The van der Waals surface area contributed by atoms with Gasteiger partial charge in [0.1, 0.15) is 0 Å². The Hall–Kier alpha value is -1.79. The number of likely N-dealkylation sites (N-methyl/N-ethyl adjacent to an activating group) is 1. The molecule has 0 spiro atoms. The number of carbonyl (C=O) groups is 1. The number of hydrogen-bond donors (Lipinski definition) is 3. The van der Waals surface area contributed by atoms with Gasteiger partial charge >= 0.3 is 6.03 Å². The minimum atomic E-state index is -0.230. The Morgan fingerprint density at radius 1 is 1.45 bits per heavy atom. The van der Waals surface area contributed by atoms with Gasteiger partial charge in [0, 0.05) is 31.0 Å². The summed E-state index contributed by atoms with van der Waals surface area (Å²) >= 11 is 0. The second-order valence-electron chi connectivity index (χ2n) is 4.84. The van der Waals surface area contributed by atoms with Crippen LogP contribution in [0.5, 0.6) is 0 Å². The van der Waals surface area contributed by atoms with Crippen molar-refractivity contribution >= 4 is 17.4 Å². The molecular weight excluding hydrogens is 256 g/mol. The maximum Gasteiger partial charge on any atom is 0.319 e. The molecule has 6 nitrogen and oxygen atoms in total. The number of carbonyl (C=O) groups excluding carboxylic acids is 1. The molecule has 1 aromatic rings. The molecule has 1 heterocycles. The van der Waals surface area contributed by atoms with Crippen LogP contribution in [0.15, 0.2) is 24.3 Å². The van der Waals surface area contributed by atoms with Crippen molar-refractivity contribution in [2.24, 2.45) is 0 Å². The third kappa shape index (κ3) is 4.40. The highest BCUT2D eigenvalue weighted by Crippen LogP contribution is 2.10. The Morgan fingerprint density at radius 3 is 2.90 bits per heavy atom. The Balaban J connectivity index is 1.73. The van der Waals surface area contributed by atoms with Crippen molar-refractivity contribution in [1.29, 1.82) is 0 Å². The first-order chi connectivity index (χ1) is 9.67. The molecular formula is C14H22N4O2. The van der Waals surface area contributed by atoms with Gasteiger partial charge < -0.3 is 21.1 Å². The predicted octanol–water partition coefficient (Wildman–Crippen LogP) is 1.11. The third-order valence-corrected chi connectivity index (χ3v) is 3.33. The zero-order chi connectivity index (χ0) is 14.4. The van der Waals surface area contributed by atoms with Gasteiger partial charge in [-0.1, -0.05) is 6.92 Å². The van der Waals surface area contributed by atoms with Crippen molar-refractivity contribution in [3.05, 3.63) is 24.3 Å². The van der Waals surface area contributed by atoms with E-state index in [-0.39, 0.29) is 12.1 Å². The Labute approximate surface area is 119 Å². The van der Waals surface area contributed by atoms with Gasteiger partial charge in [-0.15, -0.1) is 0 Å².